The molecule has 1 aromatic carbocycles. The van der Waals surface area contributed by atoms with Gasteiger partial charge in [0.05, 0.1) is 10.1 Å². The minimum absolute atomic E-state index is 0.0288. The average Bonchev–Trinajstić information content (AvgIpc) is 3.11. The molecular formula is C15H20N2OS2. The van der Waals surface area contributed by atoms with E-state index in [-0.39, 0.29) is 5.91 Å². The van der Waals surface area contributed by atoms with Crippen molar-refractivity contribution in [3.63, 3.8) is 0 Å². The summed E-state index contributed by atoms with van der Waals surface area (Å²) in [5.41, 5.74) is 7.69. The molecule has 20 heavy (non-hydrogen) atoms. The van der Waals surface area contributed by atoms with Crippen LogP contribution in [-0.4, -0.2) is 23.0 Å². The minimum atomic E-state index is -0.660. The summed E-state index contributed by atoms with van der Waals surface area (Å²) in [6.45, 7) is 0. The van der Waals surface area contributed by atoms with Crippen LogP contribution in [0.5, 0.6) is 0 Å². The molecule has 0 radical (unpaired) electrons. The summed E-state index contributed by atoms with van der Waals surface area (Å²) in [7, 11) is 0. The van der Waals surface area contributed by atoms with Gasteiger partial charge in [0.2, 0.25) is 5.91 Å². The molecule has 108 valence electrons. The van der Waals surface area contributed by atoms with Gasteiger partial charge in [-0.05, 0) is 30.5 Å². The van der Waals surface area contributed by atoms with Crippen LogP contribution in [0.25, 0.3) is 0 Å². The number of carbonyl (C=O) groups is 1. The van der Waals surface area contributed by atoms with Crippen molar-refractivity contribution < 1.29 is 4.79 Å². The number of anilines is 1. The topological polar surface area (TPSA) is 55.1 Å². The van der Waals surface area contributed by atoms with Gasteiger partial charge >= 0.3 is 0 Å². The highest BCUT2D eigenvalue weighted by Crippen LogP contribution is 2.45. The van der Waals surface area contributed by atoms with Crippen LogP contribution in [0.2, 0.25) is 0 Å². The Balaban J connectivity index is 1.71. The molecule has 2 fully saturated rings. The SMILES string of the molecule is NC1(C(=O)Nc2cccc(C3SCCS3)c2)CCCC1. The molecule has 1 aliphatic carbocycles. The lowest BCUT2D eigenvalue weighted by atomic mass is 9.98. The molecular weight excluding hydrogens is 288 g/mol. The highest BCUT2D eigenvalue weighted by Gasteiger charge is 2.37. The van der Waals surface area contributed by atoms with E-state index in [1.807, 2.05) is 35.7 Å². The highest BCUT2D eigenvalue weighted by molar-refractivity contribution is 8.19. The molecule has 3 nitrogen and oxygen atoms in total. The van der Waals surface area contributed by atoms with Gasteiger partial charge in [0.1, 0.15) is 0 Å². The molecule has 5 heteroatoms. The van der Waals surface area contributed by atoms with Gasteiger partial charge in [0, 0.05) is 17.2 Å². The monoisotopic (exact) mass is 308 g/mol. The van der Waals surface area contributed by atoms with E-state index in [9.17, 15) is 4.79 Å². The van der Waals surface area contributed by atoms with Crippen LogP contribution in [-0.2, 0) is 4.79 Å². The van der Waals surface area contributed by atoms with Gasteiger partial charge in [-0.1, -0.05) is 25.0 Å². The molecule has 1 saturated heterocycles. The Bertz CT molecular complexity index is 494. The average molecular weight is 308 g/mol. The van der Waals surface area contributed by atoms with Crippen molar-refractivity contribution in [3.8, 4) is 0 Å². The molecule has 1 amide bonds. The van der Waals surface area contributed by atoms with Gasteiger partial charge < -0.3 is 11.1 Å². The van der Waals surface area contributed by atoms with Crippen LogP contribution in [0.1, 0.15) is 35.8 Å². The van der Waals surface area contributed by atoms with Gasteiger partial charge in [-0.25, -0.2) is 0 Å². The van der Waals surface area contributed by atoms with Gasteiger partial charge in [0.25, 0.3) is 0 Å². The molecule has 3 rings (SSSR count). The first-order valence-corrected chi connectivity index (χ1v) is 9.21. The van der Waals surface area contributed by atoms with Gasteiger partial charge in [-0.15, -0.1) is 23.5 Å². The Morgan fingerprint density at radius 2 is 1.95 bits per heavy atom. The molecule has 1 saturated carbocycles. The quantitative estimate of drug-likeness (QED) is 0.899. The molecule has 1 aromatic rings. The van der Waals surface area contributed by atoms with E-state index in [1.165, 1.54) is 17.1 Å². The number of benzene rings is 1. The first-order chi connectivity index (χ1) is 9.67. The number of hydrogen-bond acceptors (Lipinski definition) is 4. The van der Waals surface area contributed by atoms with Crippen molar-refractivity contribution in [1.82, 2.24) is 0 Å². The number of amides is 1. The largest absolute Gasteiger partial charge is 0.324 e. The smallest absolute Gasteiger partial charge is 0.244 e. The second kappa shape index (κ2) is 6.00. The van der Waals surface area contributed by atoms with E-state index < -0.39 is 5.54 Å². The fraction of sp³-hybridized carbons (Fsp3) is 0.533. The zero-order chi connectivity index (χ0) is 14.0. The Morgan fingerprint density at radius 1 is 1.25 bits per heavy atom. The third-order valence-corrected chi connectivity index (χ3v) is 7.09. The van der Waals surface area contributed by atoms with E-state index in [4.69, 9.17) is 5.73 Å². The normalized spacial score (nSPS) is 22.1. The minimum Gasteiger partial charge on any atom is -0.324 e. The van der Waals surface area contributed by atoms with Crippen LogP contribution >= 0.6 is 23.5 Å². The number of carbonyl (C=O) groups excluding carboxylic acids is 1. The first-order valence-electron chi connectivity index (χ1n) is 7.11. The van der Waals surface area contributed by atoms with Gasteiger partial charge in [0.15, 0.2) is 0 Å². The van der Waals surface area contributed by atoms with E-state index in [0.717, 1.165) is 31.4 Å². The highest BCUT2D eigenvalue weighted by atomic mass is 32.2. The molecule has 2 aliphatic rings. The summed E-state index contributed by atoms with van der Waals surface area (Å²) < 4.78 is 0.505. The van der Waals surface area contributed by atoms with Crippen LogP contribution in [0.3, 0.4) is 0 Å². The molecule has 0 aromatic heterocycles. The first kappa shape index (κ1) is 14.3. The number of rotatable bonds is 3. The fourth-order valence-corrected chi connectivity index (χ4v) is 5.64. The predicted molar refractivity (Wildman–Crippen MR) is 88.1 cm³/mol. The van der Waals surface area contributed by atoms with Crippen molar-refractivity contribution in [2.45, 2.75) is 35.8 Å². The number of hydrogen-bond donors (Lipinski definition) is 2. The number of thioether (sulfide) groups is 2. The number of nitrogens with two attached hydrogens (primary N) is 1. The summed E-state index contributed by atoms with van der Waals surface area (Å²) in [6, 6.07) is 8.19. The molecule has 0 atom stereocenters. The Morgan fingerprint density at radius 3 is 2.65 bits per heavy atom. The lowest BCUT2D eigenvalue weighted by Crippen LogP contribution is -2.48. The van der Waals surface area contributed by atoms with Gasteiger partial charge in [-0.2, -0.15) is 0 Å². The van der Waals surface area contributed by atoms with Crippen molar-refractivity contribution in [2.75, 3.05) is 16.8 Å². The third kappa shape index (κ3) is 3.00. The Labute approximate surface area is 128 Å². The molecule has 1 heterocycles. The van der Waals surface area contributed by atoms with E-state index in [2.05, 4.69) is 17.4 Å². The second-order valence-electron chi connectivity index (χ2n) is 5.52. The van der Waals surface area contributed by atoms with Crippen LogP contribution in [0, 0.1) is 0 Å². The maximum Gasteiger partial charge on any atom is 0.244 e. The van der Waals surface area contributed by atoms with E-state index in [0.29, 0.717) is 4.58 Å². The van der Waals surface area contributed by atoms with E-state index >= 15 is 0 Å². The third-order valence-electron chi connectivity index (χ3n) is 3.99. The van der Waals surface area contributed by atoms with Crippen molar-refractivity contribution in [2.24, 2.45) is 5.73 Å². The molecule has 3 N–H and O–H groups in total. The van der Waals surface area contributed by atoms with Gasteiger partial charge in [-0.3, -0.25) is 4.79 Å². The second-order valence-corrected chi connectivity index (χ2v) is 8.24. The summed E-state index contributed by atoms with van der Waals surface area (Å²) in [4.78, 5) is 12.3. The molecule has 0 spiro atoms. The van der Waals surface area contributed by atoms with Crippen LogP contribution in [0.4, 0.5) is 5.69 Å². The number of nitrogens with one attached hydrogen (secondary N) is 1. The Kier molecular flexibility index (Phi) is 4.29. The fourth-order valence-electron chi connectivity index (χ4n) is 2.80. The molecule has 0 bridgehead atoms. The Hall–Kier alpha value is -0.650. The zero-order valence-corrected chi connectivity index (χ0v) is 13.1. The van der Waals surface area contributed by atoms with Crippen molar-refractivity contribution >= 4 is 35.1 Å². The lowest BCUT2D eigenvalue weighted by Gasteiger charge is -2.22. The standard InChI is InChI=1S/C15H20N2OS2/c16-15(6-1-2-7-15)14(18)17-12-5-3-4-11(10-12)13-19-8-9-20-13/h3-5,10,13H,1-2,6-9,16H2,(H,17,18). The van der Waals surface area contributed by atoms with Crippen LogP contribution < -0.4 is 11.1 Å². The lowest BCUT2D eigenvalue weighted by molar-refractivity contribution is -0.121. The van der Waals surface area contributed by atoms with E-state index in [1.54, 1.807) is 0 Å². The zero-order valence-electron chi connectivity index (χ0n) is 11.4. The maximum atomic E-state index is 12.3. The van der Waals surface area contributed by atoms with Crippen molar-refractivity contribution in [3.05, 3.63) is 29.8 Å². The molecule has 0 unspecified atom stereocenters. The maximum absolute atomic E-state index is 12.3. The van der Waals surface area contributed by atoms with Crippen molar-refractivity contribution in [1.29, 1.82) is 0 Å². The predicted octanol–water partition coefficient (Wildman–Crippen LogP) is 3.38. The summed E-state index contributed by atoms with van der Waals surface area (Å²) >= 11 is 3.95. The summed E-state index contributed by atoms with van der Waals surface area (Å²) in [5, 5.41) is 3.01. The van der Waals surface area contributed by atoms with Crippen LogP contribution in [0.15, 0.2) is 24.3 Å². The molecule has 1 aliphatic heterocycles. The summed E-state index contributed by atoms with van der Waals surface area (Å²) in [5.74, 6) is 2.38. The summed E-state index contributed by atoms with van der Waals surface area (Å²) in [6.07, 6.45) is 3.71.